The van der Waals surface area contributed by atoms with E-state index in [1.165, 1.54) is 0 Å². The number of hydrogen-bond donors (Lipinski definition) is 2. The average molecular weight is 276 g/mol. The number of benzene rings is 1. The van der Waals surface area contributed by atoms with E-state index in [4.69, 9.17) is 10.5 Å². The third-order valence-electron chi connectivity index (χ3n) is 5.25. The predicted molar refractivity (Wildman–Crippen MR) is 86.2 cm³/mol. The van der Waals surface area contributed by atoms with E-state index < -0.39 is 0 Å². The zero-order valence-corrected chi connectivity index (χ0v) is 13.6. The molecule has 0 radical (unpaired) electrons. The summed E-state index contributed by atoms with van der Waals surface area (Å²) < 4.78 is 5.72. The van der Waals surface area contributed by atoms with E-state index in [2.05, 4.69) is 33.0 Å². The van der Waals surface area contributed by atoms with Gasteiger partial charge in [0.15, 0.2) is 0 Å². The molecule has 1 aromatic rings. The lowest BCUT2D eigenvalue weighted by Crippen LogP contribution is -2.12. The molecule has 112 valence electrons. The first-order valence-corrected chi connectivity index (χ1v) is 7.47. The van der Waals surface area contributed by atoms with E-state index in [9.17, 15) is 0 Å². The lowest BCUT2D eigenvalue weighted by Gasteiger charge is -2.16. The monoisotopic (exact) mass is 276 g/mol. The SMILES string of the molecule is CC(C)Oc1cccc(NCC2C(C)(C)C2(C)C)c1N. The average Bonchev–Trinajstić information content (AvgIpc) is 2.71. The molecule has 0 aliphatic heterocycles. The topological polar surface area (TPSA) is 47.3 Å². The van der Waals surface area contributed by atoms with Crippen molar-refractivity contribution in [1.29, 1.82) is 0 Å². The Morgan fingerprint density at radius 3 is 2.30 bits per heavy atom. The highest BCUT2D eigenvalue weighted by atomic mass is 16.5. The number of hydrogen-bond acceptors (Lipinski definition) is 3. The van der Waals surface area contributed by atoms with Crippen LogP contribution in [0, 0.1) is 16.7 Å². The van der Waals surface area contributed by atoms with Crippen LogP contribution in [0.2, 0.25) is 0 Å². The fourth-order valence-electron chi connectivity index (χ4n) is 3.11. The van der Waals surface area contributed by atoms with Gasteiger partial charge in [-0.2, -0.15) is 0 Å². The summed E-state index contributed by atoms with van der Waals surface area (Å²) in [5, 5.41) is 3.49. The van der Waals surface area contributed by atoms with Crippen molar-refractivity contribution in [3.63, 3.8) is 0 Å². The van der Waals surface area contributed by atoms with Crippen LogP contribution in [-0.2, 0) is 0 Å². The van der Waals surface area contributed by atoms with Gasteiger partial charge in [0.25, 0.3) is 0 Å². The largest absolute Gasteiger partial charge is 0.489 e. The molecule has 3 nitrogen and oxygen atoms in total. The van der Waals surface area contributed by atoms with Gasteiger partial charge in [-0.25, -0.2) is 0 Å². The van der Waals surface area contributed by atoms with Crippen molar-refractivity contribution in [1.82, 2.24) is 0 Å². The summed E-state index contributed by atoms with van der Waals surface area (Å²) in [4.78, 5) is 0. The zero-order valence-electron chi connectivity index (χ0n) is 13.6. The van der Waals surface area contributed by atoms with Gasteiger partial charge in [-0.15, -0.1) is 0 Å². The summed E-state index contributed by atoms with van der Waals surface area (Å²) in [7, 11) is 0. The summed E-state index contributed by atoms with van der Waals surface area (Å²) in [6.45, 7) is 14.3. The standard InChI is InChI=1S/C17H28N2O/c1-11(2)20-13-9-7-8-12(15(13)18)19-10-14-16(3,4)17(14,5)6/h7-9,11,14,19H,10,18H2,1-6H3. The molecule has 0 amide bonds. The van der Waals surface area contributed by atoms with Gasteiger partial charge in [0.2, 0.25) is 0 Å². The van der Waals surface area contributed by atoms with E-state index >= 15 is 0 Å². The fraction of sp³-hybridized carbons (Fsp3) is 0.647. The van der Waals surface area contributed by atoms with Crippen molar-refractivity contribution in [3.05, 3.63) is 18.2 Å². The molecule has 0 atom stereocenters. The normalized spacial score (nSPS) is 19.9. The molecule has 0 bridgehead atoms. The highest BCUT2D eigenvalue weighted by Crippen LogP contribution is 2.68. The minimum absolute atomic E-state index is 0.133. The van der Waals surface area contributed by atoms with E-state index in [1.54, 1.807) is 0 Å². The lowest BCUT2D eigenvalue weighted by atomic mass is 10.0. The van der Waals surface area contributed by atoms with Crippen LogP contribution in [0.15, 0.2) is 18.2 Å². The Kier molecular flexibility index (Phi) is 3.66. The Balaban J connectivity index is 2.04. The van der Waals surface area contributed by atoms with Gasteiger partial charge in [0, 0.05) is 6.54 Å². The van der Waals surface area contributed by atoms with Crippen LogP contribution in [0.3, 0.4) is 0 Å². The molecule has 0 spiro atoms. The van der Waals surface area contributed by atoms with E-state index in [0.29, 0.717) is 22.4 Å². The zero-order chi connectivity index (χ0) is 15.1. The maximum absolute atomic E-state index is 6.19. The Morgan fingerprint density at radius 1 is 1.20 bits per heavy atom. The summed E-state index contributed by atoms with van der Waals surface area (Å²) in [5.41, 5.74) is 8.65. The fourth-order valence-corrected chi connectivity index (χ4v) is 3.11. The van der Waals surface area contributed by atoms with Crippen LogP contribution in [0.25, 0.3) is 0 Å². The van der Waals surface area contributed by atoms with Gasteiger partial charge >= 0.3 is 0 Å². The Morgan fingerprint density at radius 2 is 1.80 bits per heavy atom. The highest BCUT2D eigenvalue weighted by Gasteiger charge is 2.64. The number of rotatable bonds is 5. The van der Waals surface area contributed by atoms with E-state index in [0.717, 1.165) is 18.0 Å². The van der Waals surface area contributed by atoms with Crippen molar-refractivity contribution in [3.8, 4) is 5.75 Å². The molecule has 1 aliphatic carbocycles. The Bertz CT molecular complexity index is 478. The Labute approximate surface area is 122 Å². The summed E-state index contributed by atoms with van der Waals surface area (Å²) in [5.74, 6) is 1.43. The summed E-state index contributed by atoms with van der Waals surface area (Å²) >= 11 is 0. The predicted octanol–water partition coefficient (Wildman–Crippen LogP) is 4.15. The second kappa shape index (κ2) is 4.87. The molecular formula is C17H28N2O. The van der Waals surface area contributed by atoms with Gasteiger partial charge in [-0.3, -0.25) is 0 Å². The number of anilines is 2. The number of nitrogens with one attached hydrogen (secondary N) is 1. The molecule has 0 heterocycles. The molecule has 3 heteroatoms. The smallest absolute Gasteiger partial charge is 0.144 e. The molecule has 2 rings (SSSR count). The van der Waals surface area contributed by atoms with E-state index in [-0.39, 0.29) is 6.10 Å². The third-order valence-corrected chi connectivity index (χ3v) is 5.25. The first kappa shape index (κ1) is 15.0. The van der Waals surface area contributed by atoms with Crippen LogP contribution in [-0.4, -0.2) is 12.6 Å². The van der Waals surface area contributed by atoms with Crippen molar-refractivity contribution in [2.45, 2.75) is 47.6 Å². The van der Waals surface area contributed by atoms with Crippen LogP contribution in [0.5, 0.6) is 5.75 Å². The molecule has 1 fully saturated rings. The molecule has 0 saturated heterocycles. The van der Waals surface area contributed by atoms with Crippen LogP contribution in [0.4, 0.5) is 11.4 Å². The van der Waals surface area contributed by atoms with Crippen molar-refractivity contribution < 1.29 is 4.74 Å². The minimum atomic E-state index is 0.133. The maximum Gasteiger partial charge on any atom is 0.144 e. The first-order chi connectivity index (χ1) is 9.18. The van der Waals surface area contributed by atoms with Gasteiger partial charge in [-0.05, 0) is 42.7 Å². The second-order valence-corrected chi connectivity index (χ2v) is 7.26. The lowest BCUT2D eigenvalue weighted by molar-refractivity contribution is 0.244. The van der Waals surface area contributed by atoms with Crippen LogP contribution >= 0.6 is 0 Å². The van der Waals surface area contributed by atoms with Crippen molar-refractivity contribution in [2.75, 3.05) is 17.6 Å². The maximum atomic E-state index is 6.19. The molecule has 1 saturated carbocycles. The van der Waals surface area contributed by atoms with Gasteiger partial charge in [0.05, 0.1) is 17.5 Å². The second-order valence-electron chi connectivity index (χ2n) is 7.26. The van der Waals surface area contributed by atoms with Gasteiger partial charge in [0.1, 0.15) is 5.75 Å². The molecule has 3 N–H and O–H groups in total. The van der Waals surface area contributed by atoms with Crippen molar-refractivity contribution >= 4 is 11.4 Å². The summed E-state index contributed by atoms with van der Waals surface area (Å²) in [6.07, 6.45) is 0.133. The molecule has 0 unspecified atom stereocenters. The number of nitrogen functional groups attached to an aromatic ring is 1. The third kappa shape index (κ3) is 2.46. The molecule has 20 heavy (non-hydrogen) atoms. The van der Waals surface area contributed by atoms with E-state index in [1.807, 2.05) is 32.0 Å². The quantitative estimate of drug-likeness (QED) is 0.794. The molecule has 0 aromatic heterocycles. The van der Waals surface area contributed by atoms with Crippen LogP contribution < -0.4 is 15.8 Å². The number of ether oxygens (including phenoxy) is 1. The number of nitrogens with two attached hydrogens (primary N) is 1. The van der Waals surface area contributed by atoms with Crippen molar-refractivity contribution in [2.24, 2.45) is 16.7 Å². The summed E-state index contributed by atoms with van der Waals surface area (Å²) in [6, 6.07) is 5.93. The molecule has 1 aromatic carbocycles. The Hall–Kier alpha value is -1.38. The number of para-hydroxylation sites is 1. The van der Waals surface area contributed by atoms with Crippen LogP contribution in [0.1, 0.15) is 41.5 Å². The highest BCUT2D eigenvalue weighted by molar-refractivity contribution is 5.73. The van der Waals surface area contributed by atoms with Gasteiger partial charge in [-0.1, -0.05) is 33.8 Å². The first-order valence-electron chi connectivity index (χ1n) is 7.47. The molecule has 1 aliphatic rings. The van der Waals surface area contributed by atoms with Gasteiger partial charge < -0.3 is 15.8 Å². The minimum Gasteiger partial charge on any atom is -0.489 e. The molecular weight excluding hydrogens is 248 g/mol.